The number of ether oxygens (including phenoxy) is 1. The summed E-state index contributed by atoms with van der Waals surface area (Å²) in [6, 6.07) is 4.08. The minimum Gasteiger partial charge on any atom is -0.450 e. The second kappa shape index (κ2) is 8.92. The van der Waals surface area contributed by atoms with Crippen LogP contribution in [0.3, 0.4) is 0 Å². The van der Waals surface area contributed by atoms with Crippen LogP contribution in [-0.4, -0.2) is 77.3 Å². The van der Waals surface area contributed by atoms with Crippen molar-refractivity contribution in [2.24, 2.45) is 0 Å². The number of hydrogen-bond acceptors (Lipinski definition) is 5. The fourth-order valence-corrected chi connectivity index (χ4v) is 4.65. The van der Waals surface area contributed by atoms with Crippen molar-refractivity contribution < 1.29 is 37.1 Å². The Morgan fingerprint density at radius 2 is 1.74 bits per heavy atom. The highest BCUT2D eigenvalue weighted by Crippen LogP contribution is 2.45. The molecule has 0 N–H and O–H groups in total. The zero-order chi connectivity index (χ0) is 24.7. The van der Waals surface area contributed by atoms with Gasteiger partial charge >= 0.3 is 12.3 Å². The summed E-state index contributed by atoms with van der Waals surface area (Å²) in [6.07, 6.45) is -4.57. The Bertz CT molecular complexity index is 1000. The van der Waals surface area contributed by atoms with Crippen LogP contribution in [0, 0.1) is 0 Å². The molecular weight excluding hydrogens is 455 g/mol. The van der Waals surface area contributed by atoms with E-state index in [0.29, 0.717) is 12.8 Å². The lowest BCUT2D eigenvalue weighted by atomic mass is 9.75. The Labute approximate surface area is 194 Å². The number of imide groups is 1. The minimum atomic E-state index is -4.63. The lowest BCUT2D eigenvalue weighted by molar-refractivity contribution is -0.144. The first kappa shape index (κ1) is 24.0. The summed E-state index contributed by atoms with van der Waals surface area (Å²) in [4.78, 5) is 55.5. The molecular formula is C23H26F3N3O5. The smallest absolute Gasteiger partial charge is 0.416 e. The van der Waals surface area contributed by atoms with Crippen LogP contribution < -0.4 is 0 Å². The normalized spacial score (nSPS) is 23.5. The highest BCUT2D eigenvalue weighted by Gasteiger charge is 2.57. The molecule has 1 aromatic carbocycles. The van der Waals surface area contributed by atoms with Crippen molar-refractivity contribution >= 4 is 23.8 Å². The second-order valence-corrected chi connectivity index (χ2v) is 8.88. The molecule has 2 aliphatic heterocycles. The number of alkyl halides is 3. The molecule has 8 nitrogen and oxygen atoms in total. The van der Waals surface area contributed by atoms with Gasteiger partial charge < -0.3 is 14.5 Å². The number of nitrogens with zero attached hydrogens (tertiary/aromatic N) is 3. The summed E-state index contributed by atoms with van der Waals surface area (Å²) in [5.74, 6) is -1.53. The molecule has 0 aromatic heterocycles. The summed E-state index contributed by atoms with van der Waals surface area (Å²) in [7, 11) is 0. The zero-order valence-electron chi connectivity index (χ0n) is 18.8. The standard InChI is InChI=1S/C23H26F3N3O5/c1-2-34-21(33)28-10-8-27(9-11-28)18(30)13-22(14-19(31)29(20(22)32)17-6-7-17)15-4-3-5-16(12-15)23(24,25)26/h3-5,12,17H,2,6-11,13-14H2,1H3. The molecule has 1 saturated carbocycles. The van der Waals surface area contributed by atoms with E-state index in [-0.39, 0.29) is 50.8 Å². The molecule has 1 atom stereocenters. The molecule has 3 aliphatic rings. The van der Waals surface area contributed by atoms with Crippen LogP contribution in [0.2, 0.25) is 0 Å². The van der Waals surface area contributed by atoms with Crippen LogP contribution in [0.1, 0.15) is 43.7 Å². The number of likely N-dealkylation sites (tertiary alicyclic amines) is 1. The van der Waals surface area contributed by atoms with Crippen LogP contribution in [0.4, 0.5) is 18.0 Å². The summed E-state index contributed by atoms with van der Waals surface area (Å²) in [6.45, 7) is 2.79. The van der Waals surface area contributed by atoms with E-state index in [2.05, 4.69) is 0 Å². The minimum absolute atomic E-state index is 0.0161. The van der Waals surface area contributed by atoms with Gasteiger partial charge in [-0.25, -0.2) is 4.79 Å². The first-order valence-corrected chi connectivity index (χ1v) is 11.3. The quantitative estimate of drug-likeness (QED) is 0.604. The summed E-state index contributed by atoms with van der Waals surface area (Å²) in [5, 5.41) is 0. The van der Waals surface area contributed by atoms with Crippen LogP contribution in [0.25, 0.3) is 0 Å². The van der Waals surface area contributed by atoms with Crippen molar-refractivity contribution in [3.8, 4) is 0 Å². The summed E-state index contributed by atoms with van der Waals surface area (Å²) < 4.78 is 45.2. The van der Waals surface area contributed by atoms with Gasteiger partial charge in [0, 0.05) is 45.1 Å². The molecule has 0 bridgehead atoms. The highest BCUT2D eigenvalue weighted by atomic mass is 19.4. The Morgan fingerprint density at radius 1 is 1.09 bits per heavy atom. The maximum absolute atomic E-state index is 13.5. The first-order chi connectivity index (χ1) is 16.1. The molecule has 184 valence electrons. The number of benzene rings is 1. The molecule has 2 saturated heterocycles. The summed E-state index contributed by atoms with van der Waals surface area (Å²) >= 11 is 0. The predicted octanol–water partition coefficient (Wildman–Crippen LogP) is 2.56. The highest BCUT2D eigenvalue weighted by molar-refractivity contribution is 6.11. The van der Waals surface area contributed by atoms with E-state index in [1.165, 1.54) is 21.9 Å². The topological polar surface area (TPSA) is 87.2 Å². The molecule has 0 spiro atoms. The van der Waals surface area contributed by atoms with E-state index in [4.69, 9.17) is 4.74 Å². The Kier molecular flexibility index (Phi) is 6.30. The Balaban J connectivity index is 1.59. The van der Waals surface area contributed by atoms with E-state index < -0.39 is 47.4 Å². The Morgan fingerprint density at radius 3 is 2.32 bits per heavy atom. The largest absolute Gasteiger partial charge is 0.450 e. The van der Waals surface area contributed by atoms with Crippen LogP contribution in [0.15, 0.2) is 24.3 Å². The molecule has 3 fully saturated rings. The zero-order valence-corrected chi connectivity index (χ0v) is 18.8. The maximum Gasteiger partial charge on any atom is 0.416 e. The van der Waals surface area contributed by atoms with Gasteiger partial charge in [0.1, 0.15) is 0 Å². The second-order valence-electron chi connectivity index (χ2n) is 8.88. The van der Waals surface area contributed by atoms with Gasteiger partial charge in [0.05, 0.1) is 17.6 Å². The third-order valence-electron chi connectivity index (χ3n) is 6.62. The van der Waals surface area contributed by atoms with Crippen LogP contribution in [0.5, 0.6) is 0 Å². The maximum atomic E-state index is 13.5. The van der Waals surface area contributed by atoms with Crippen molar-refractivity contribution in [2.75, 3.05) is 32.8 Å². The van der Waals surface area contributed by atoms with Crippen molar-refractivity contribution in [3.63, 3.8) is 0 Å². The Hall–Kier alpha value is -3.11. The van der Waals surface area contributed by atoms with Gasteiger partial charge in [-0.3, -0.25) is 19.3 Å². The van der Waals surface area contributed by atoms with Crippen molar-refractivity contribution in [3.05, 3.63) is 35.4 Å². The molecule has 11 heteroatoms. The summed E-state index contributed by atoms with van der Waals surface area (Å²) in [5.41, 5.74) is -2.61. The van der Waals surface area contributed by atoms with Gasteiger partial charge in [0.15, 0.2) is 0 Å². The van der Waals surface area contributed by atoms with E-state index >= 15 is 0 Å². The lowest BCUT2D eigenvalue weighted by Gasteiger charge is -2.36. The number of rotatable bonds is 5. The SMILES string of the molecule is CCOC(=O)N1CCN(C(=O)CC2(c3cccc(C(F)(F)F)c3)CC(=O)N(C3CC3)C2=O)CC1. The van der Waals surface area contributed by atoms with Crippen LogP contribution in [-0.2, 0) is 30.7 Å². The number of carbonyl (C=O) groups excluding carboxylic acids is 4. The number of hydrogen-bond donors (Lipinski definition) is 0. The lowest BCUT2D eigenvalue weighted by Crippen LogP contribution is -2.52. The van der Waals surface area contributed by atoms with Gasteiger partial charge in [0.25, 0.3) is 0 Å². The monoisotopic (exact) mass is 481 g/mol. The van der Waals surface area contributed by atoms with Gasteiger partial charge in [-0.15, -0.1) is 0 Å². The number of halogens is 3. The van der Waals surface area contributed by atoms with Gasteiger partial charge in [-0.05, 0) is 31.4 Å². The van der Waals surface area contributed by atoms with E-state index in [0.717, 1.165) is 17.0 Å². The molecule has 1 aliphatic carbocycles. The van der Waals surface area contributed by atoms with Gasteiger partial charge in [-0.1, -0.05) is 18.2 Å². The van der Waals surface area contributed by atoms with E-state index in [9.17, 15) is 32.3 Å². The fourth-order valence-electron chi connectivity index (χ4n) is 4.65. The van der Waals surface area contributed by atoms with Gasteiger partial charge in [0.2, 0.25) is 17.7 Å². The third-order valence-corrected chi connectivity index (χ3v) is 6.62. The number of carbonyl (C=O) groups is 4. The molecule has 0 radical (unpaired) electrons. The number of amides is 4. The van der Waals surface area contributed by atoms with Crippen LogP contribution >= 0.6 is 0 Å². The number of piperazine rings is 1. The van der Waals surface area contributed by atoms with Crippen molar-refractivity contribution in [2.45, 2.75) is 50.2 Å². The molecule has 1 unspecified atom stereocenters. The first-order valence-electron chi connectivity index (χ1n) is 11.3. The van der Waals surface area contributed by atoms with Gasteiger partial charge in [-0.2, -0.15) is 13.2 Å². The molecule has 1 aromatic rings. The predicted molar refractivity (Wildman–Crippen MR) is 112 cm³/mol. The average molecular weight is 481 g/mol. The van der Waals surface area contributed by atoms with E-state index in [1.807, 2.05) is 0 Å². The molecule has 34 heavy (non-hydrogen) atoms. The third kappa shape index (κ3) is 4.47. The van der Waals surface area contributed by atoms with Crippen molar-refractivity contribution in [1.82, 2.24) is 14.7 Å². The van der Waals surface area contributed by atoms with E-state index in [1.54, 1.807) is 6.92 Å². The van der Waals surface area contributed by atoms with Crippen molar-refractivity contribution in [1.29, 1.82) is 0 Å². The molecule has 4 rings (SSSR count). The fraction of sp³-hybridized carbons (Fsp3) is 0.565. The molecule has 4 amide bonds. The molecule has 2 heterocycles. The average Bonchev–Trinajstić information content (AvgIpc) is 3.59.